The Morgan fingerprint density at radius 1 is 1.22 bits per heavy atom. The van der Waals surface area contributed by atoms with Gasteiger partial charge in [0.15, 0.2) is 5.82 Å². The molecule has 0 saturated heterocycles. The third-order valence-corrected chi connectivity index (χ3v) is 3.00. The first-order valence-electron chi connectivity index (χ1n) is 6.02. The predicted molar refractivity (Wildman–Crippen MR) is 67.2 cm³/mol. The summed E-state index contributed by atoms with van der Waals surface area (Å²) in [6.45, 7) is 5.65. The molecule has 0 saturated carbocycles. The standard InChI is InChI=1S/C11H19N7/c1-8-10(5-6-12-3)9(2)18(14-8)7-11-13-16-17(4)15-11/h12H,5-7H2,1-4H3. The summed E-state index contributed by atoms with van der Waals surface area (Å²) in [4.78, 5) is 1.46. The predicted octanol–water partition coefficient (Wildman–Crippen LogP) is -0.166. The van der Waals surface area contributed by atoms with E-state index in [-0.39, 0.29) is 0 Å². The fourth-order valence-corrected chi connectivity index (χ4v) is 2.02. The maximum absolute atomic E-state index is 4.54. The summed E-state index contributed by atoms with van der Waals surface area (Å²) in [7, 11) is 3.72. The maximum Gasteiger partial charge on any atom is 0.196 e. The molecule has 0 aliphatic rings. The number of nitrogens with one attached hydrogen (secondary N) is 1. The van der Waals surface area contributed by atoms with Crippen molar-refractivity contribution in [1.29, 1.82) is 0 Å². The SMILES string of the molecule is CNCCc1c(C)nn(Cc2nnn(C)n2)c1C. The molecule has 0 aromatic carbocycles. The van der Waals surface area contributed by atoms with Gasteiger partial charge >= 0.3 is 0 Å². The molecule has 2 rings (SSSR count). The summed E-state index contributed by atoms with van der Waals surface area (Å²) < 4.78 is 1.94. The zero-order chi connectivity index (χ0) is 13.1. The molecule has 7 nitrogen and oxygen atoms in total. The van der Waals surface area contributed by atoms with Crippen LogP contribution in [0.2, 0.25) is 0 Å². The first kappa shape index (κ1) is 12.7. The van der Waals surface area contributed by atoms with E-state index >= 15 is 0 Å². The average molecular weight is 249 g/mol. The van der Waals surface area contributed by atoms with E-state index in [1.54, 1.807) is 7.05 Å². The molecule has 0 atom stereocenters. The van der Waals surface area contributed by atoms with Crippen molar-refractivity contribution < 1.29 is 0 Å². The number of tetrazole rings is 1. The maximum atomic E-state index is 4.54. The molecule has 2 aromatic heterocycles. The van der Waals surface area contributed by atoms with Crippen LogP contribution in [0.25, 0.3) is 0 Å². The highest BCUT2D eigenvalue weighted by molar-refractivity contribution is 5.25. The minimum Gasteiger partial charge on any atom is -0.319 e. The van der Waals surface area contributed by atoms with Crippen molar-refractivity contribution in [2.45, 2.75) is 26.8 Å². The Hall–Kier alpha value is -1.76. The molecule has 18 heavy (non-hydrogen) atoms. The molecule has 0 spiro atoms. The van der Waals surface area contributed by atoms with Gasteiger partial charge in [-0.3, -0.25) is 4.68 Å². The van der Waals surface area contributed by atoms with Crippen molar-refractivity contribution in [3.8, 4) is 0 Å². The van der Waals surface area contributed by atoms with Gasteiger partial charge in [0.25, 0.3) is 0 Å². The topological polar surface area (TPSA) is 73.5 Å². The van der Waals surface area contributed by atoms with Crippen molar-refractivity contribution in [3.05, 3.63) is 22.8 Å². The van der Waals surface area contributed by atoms with Gasteiger partial charge in [0.1, 0.15) is 6.54 Å². The molecule has 98 valence electrons. The van der Waals surface area contributed by atoms with Gasteiger partial charge < -0.3 is 5.32 Å². The van der Waals surface area contributed by atoms with Crippen LogP contribution in [0.4, 0.5) is 0 Å². The Kier molecular flexibility index (Phi) is 3.71. The highest BCUT2D eigenvalue weighted by atomic mass is 15.6. The Morgan fingerprint density at radius 2 is 2.00 bits per heavy atom. The minimum absolute atomic E-state index is 0.570. The molecule has 0 aliphatic heterocycles. The fourth-order valence-electron chi connectivity index (χ4n) is 2.02. The second-order valence-corrected chi connectivity index (χ2v) is 4.36. The monoisotopic (exact) mass is 249 g/mol. The van der Waals surface area contributed by atoms with E-state index in [1.807, 2.05) is 18.7 Å². The third kappa shape index (κ3) is 2.56. The van der Waals surface area contributed by atoms with Crippen molar-refractivity contribution in [3.63, 3.8) is 0 Å². The van der Waals surface area contributed by atoms with Gasteiger partial charge in [-0.05, 0) is 44.6 Å². The fraction of sp³-hybridized carbons (Fsp3) is 0.636. The van der Waals surface area contributed by atoms with E-state index in [2.05, 4.69) is 32.7 Å². The largest absolute Gasteiger partial charge is 0.319 e. The van der Waals surface area contributed by atoms with Crippen molar-refractivity contribution >= 4 is 0 Å². The van der Waals surface area contributed by atoms with Crippen LogP contribution in [0.1, 0.15) is 22.8 Å². The number of aromatic nitrogens is 6. The molecule has 2 aromatic rings. The number of rotatable bonds is 5. The quantitative estimate of drug-likeness (QED) is 0.796. The van der Waals surface area contributed by atoms with Crippen LogP contribution in [0.5, 0.6) is 0 Å². The van der Waals surface area contributed by atoms with Gasteiger partial charge in [-0.2, -0.15) is 9.90 Å². The summed E-state index contributed by atoms with van der Waals surface area (Å²) >= 11 is 0. The Labute approximate surface area is 106 Å². The third-order valence-electron chi connectivity index (χ3n) is 3.00. The zero-order valence-corrected chi connectivity index (χ0v) is 11.3. The number of hydrogen-bond donors (Lipinski definition) is 1. The van der Waals surface area contributed by atoms with Crippen molar-refractivity contribution in [2.24, 2.45) is 7.05 Å². The van der Waals surface area contributed by atoms with Gasteiger partial charge in [-0.15, -0.1) is 10.2 Å². The second kappa shape index (κ2) is 5.26. The molecule has 1 N–H and O–H groups in total. The molecule has 0 fully saturated rings. The number of nitrogens with zero attached hydrogens (tertiary/aromatic N) is 6. The van der Waals surface area contributed by atoms with Gasteiger partial charge in [0.2, 0.25) is 0 Å². The van der Waals surface area contributed by atoms with E-state index in [0.29, 0.717) is 12.4 Å². The lowest BCUT2D eigenvalue weighted by atomic mass is 10.1. The Morgan fingerprint density at radius 3 is 2.61 bits per heavy atom. The van der Waals surface area contributed by atoms with Gasteiger partial charge in [-0.1, -0.05) is 0 Å². The normalized spacial score (nSPS) is 11.1. The molecule has 0 radical (unpaired) electrons. The van der Waals surface area contributed by atoms with E-state index in [9.17, 15) is 0 Å². The molecule has 0 aliphatic carbocycles. The minimum atomic E-state index is 0.570. The van der Waals surface area contributed by atoms with Crippen LogP contribution in [-0.4, -0.2) is 43.6 Å². The lowest BCUT2D eigenvalue weighted by Gasteiger charge is -2.03. The van der Waals surface area contributed by atoms with Crippen LogP contribution in [0.15, 0.2) is 0 Å². The first-order valence-corrected chi connectivity index (χ1v) is 6.02. The molecule has 2 heterocycles. The lowest BCUT2D eigenvalue weighted by molar-refractivity contribution is 0.609. The molecule has 0 unspecified atom stereocenters. The first-order chi connectivity index (χ1) is 8.61. The van der Waals surface area contributed by atoms with Gasteiger partial charge in [0, 0.05) is 5.69 Å². The number of likely N-dealkylation sites (N-methyl/N-ethyl adjacent to an activating group) is 1. The summed E-state index contributed by atoms with van der Waals surface area (Å²) in [5, 5.41) is 19.7. The summed E-state index contributed by atoms with van der Waals surface area (Å²) in [6, 6.07) is 0. The Balaban J connectivity index is 2.18. The van der Waals surface area contributed by atoms with E-state index in [0.717, 1.165) is 18.7 Å². The zero-order valence-electron chi connectivity index (χ0n) is 11.3. The molecule has 0 bridgehead atoms. The number of hydrogen-bond acceptors (Lipinski definition) is 5. The average Bonchev–Trinajstić information content (AvgIpc) is 2.84. The molecular formula is C11H19N7. The van der Waals surface area contributed by atoms with E-state index in [1.165, 1.54) is 16.1 Å². The molecule has 0 amide bonds. The van der Waals surface area contributed by atoms with E-state index < -0.39 is 0 Å². The summed E-state index contributed by atoms with van der Waals surface area (Å²) in [6.07, 6.45) is 0.988. The van der Waals surface area contributed by atoms with Crippen LogP contribution in [0.3, 0.4) is 0 Å². The van der Waals surface area contributed by atoms with Crippen molar-refractivity contribution in [1.82, 2.24) is 35.3 Å². The summed E-state index contributed by atoms with van der Waals surface area (Å²) in [5.74, 6) is 0.684. The van der Waals surface area contributed by atoms with Gasteiger partial charge in [0.05, 0.1) is 12.7 Å². The summed E-state index contributed by atoms with van der Waals surface area (Å²) in [5.41, 5.74) is 3.55. The Bertz CT molecular complexity index is 525. The highest BCUT2D eigenvalue weighted by Crippen LogP contribution is 2.14. The lowest BCUT2D eigenvalue weighted by Crippen LogP contribution is -2.11. The molecule has 7 heteroatoms. The molecular weight excluding hydrogens is 230 g/mol. The van der Waals surface area contributed by atoms with Crippen LogP contribution in [0, 0.1) is 13.8 Å². The van der Waals surface area contributed by atoms with Crippen LogP contribution in [-0.2, 0) is 20.0 Å². The second-order valence-electron chi connectivity index (χ2n) is 4.36. The highest BCUT2D eigenvalue weighted by Gasteiger charge is 2.12. The van der Waals surface area contributed by atoms with Crippen LogP contribution >= 0.6 is 0 Å². The smallest absolute Gasteiger partial charge is 0.196 e. The number of aryl methyl sites for hydroxylation is 2. The van der Waals surface area contributed by atoms with Gasteiger partial charge in [-0.25, -0.2) is 0 Å². The van der Waals surface area contributed by atoms with Crippen LogP contribution < -0.4 is 5.32 Å². The van der Waals surface area contributed by atoms with Crippen molar-refractivity contribution in [2.75, 3.05) is 13.6 Å². The van der Waals surface area contributed by atoms with E-state index in [4.69, 9.17) is 0 Å².